The highest BCUT2D eigenvalue weighted by molar-refractivity contribution is 7.99. The van der Waals surface area contributed by atoms with E-state index in [0.29, 0.717) is 28.2 Å². The molecule has 10 heteroatoms. The Morgan fingerprint density at radius 2 is 2.00 bits per heavy atom. The van der Waals surface area contributed by atoms with Crippen LogP contribution in [0.4, 0.5) is 5.13 Å². The van der Waals surface area contributed by atoms with Gasteiger partial charge >= 0.3 is 0 Å². The molecule has 8 nitrogen and oxygen atoms in total. The van der Waals surface area contributed by atoms with Crippen LogP contribution >= 0.6 is 23.1 Å². The summed E-state index contributed by atoms with van der Waals surface area (Å²) in [6.07, 6.45) is 0. The Hall–Kier alpha value is -2.72. The van der Waals surface area contributed by atoms with Crippen molar-refractivity contribution in [3.8, 4) is 0 Å². The third-order valence-electron chi connectivity index (χ3n) is 4.03. The third-order valence-corrected chi connectivity index (χ3v) is 5.87. The first-order valence-electron chi connectivity index (χ1n) is 9.11. The monoisotopic (exact) mass is 430 g/mol. The number of thioether (sulfide) groups is 1. The highest BCUT2D eigenvalue weighted by Gasteiger charge is 2.20. The molecule has 0 saturated carbocycles. The van der Waals surface area contributed by atoms with Gasteiger partial charge in [-0.25, -0.2) is 4.98 Å². The lowest BCUT2D eigenvalue weighted by molar-refractivity contribution is -0.113. The molecular formula is C19H22N6O2S2. The van der Waals surface area contributed by atoms with Crippen LogP contribution in [0.2, 0.25) is 0 Å². The average Bonchev–Trinajstić information content (AvgIpc) is 3.32. The van der Waals surface area contributed by atoms with Crippen molar-refractivity contribution in [1.29, 1.82) is 0 Å². The first kappa shape index (κ1) is 21.0. The number of hydrogen-bond acceptors (Lipinski definition) is 7. The minimum Gasteiger partial charge on any atom is -0.342 e. The van der Waals surface area contributed by atoms with E-state index in [1.807, 2.05) is 48.9 Å². The molecule has 0 spiro atoms. The van der Waals surface area contributed by atoms with E-state index < -0.39 is 0 Å². The van der Waals surface area contributed by atoms with Crippen molar-refractivity contribution >= 4 is 40.0 Å². The summed E-state index contributed by atoms with van der Waals surface area (Å²) in [4.78, 5) is 28.8. The second-order valence-electron chi connectivity index (χ2n) is 6.28. The van der Waals surface area contributed by atoms with Crippen LogP contribution < -0.4 is 10.6 Å². The molecule has 1 aromatic carbocycles. The smallest absolute Gasteiger partial charge is 0.251 e. The summed E-state index contributed by atoms with van der Waals surface area (Å²) in [5.41, 5.74) is 1.46. The lowest BCUT2D eigenvalue weighted by Gasteiger charge is -2.15. The van der Waals surface area contributed by atoms with E-state index in [-0.39, 0.29) is 23.6 Å². The van der Waals surface area contributed by atoms with Gasteiger partial charge in [-0.15, -0.1) is 21.5 Å². The molecule has 2 aromatic heterocycles. The van der Waals surface area contributed by atoms with Crippen molar-refractivity contribution in [2.24, 2.45) is 0 Å². The van der Waals surface area contributed by atoms with Crippen LogP contribution in [0.25, 0.3) is 0 Å². The van der Waals surface area contributed by atoms with Crippen molar-refractivity contribution in [2.75, 3.05) is 11.1 Å². The van der Waals surface area contributed by atoms with Crippen LogP contribution in [0.15, 0.2) is 40.9 Å². The predicted molar refractivity (Wildman–Crippen MR) is 114 cm³/mol. The van der Waals surface area contributed by atoms with Gasteiger partial charge in [0, 0.05) is 17.5 Å². The van der Waals surface area contributed by atoms with Gasteiger partial charge in [0.05, 0.1) is 17.5 Å². The quantitative estimate of drug-likeness (QED) is 0.532. The number of rotatable bonds is 8. The second kappa shape index (κ2) is 9.66. The molecule has 2 heterocycles. The third kappa shape index (κ3) is 5.42. The summed E-state index contributed by atoms with van der Waals surface area (Å²) in [7, 11) is 0. The number of carbonyl (C=O) groups is 2. The summed E-state index contributed by atoms with van der Waals surface area (Å²) in [6, 6.07) is 8.70. The van der Waals surface area contributed by atoms with Gasteiger partial charge in [-0.2, -0.15) is 0 Å². The van der Waals surface area contributed by atoms with Gasteiger partial charge in [0.25, 0.3) is 5.91 Å². The molecule has 2 amide bonds. The van der Waals surface area contributed by atoms with Crippen molar-refractivity contribution in [1.82, 2.24) is 25.1 Å². The SMILES string of the molecule is CCn1c(SCC(=O)Nc2nc(C)cs2)nnc1[C@@H](C)NC(=O)c1ccccc1. The van der Waals surface area contributed by atoms with E-state index in [0.717, 1.165) is 5.69 Å². The predicted octanol–water partition coefficient (Wildman–Crippen LogP) is 3.28. The number of thiazole rings is 1. The van der Waals surface area contributed by atoms with Crippen LogP contribution in [0.3, 0.4) is 0 Å². The number of aromatic nitrogens is 4. The maximum atomic E-state index is 12.4. The molecule has 0 unspecified atom stereocenters. The van der Waals surface area contributed by atoms with Crippen molar-refractivity contribution in [3.05, 3.63) is 52.8 Å². The topological polar surface area (TPSA) is 102 Å². The molecular weight excluding hydrogens is 408 g/mol. The highest BCUT2D eigenvalue weighted by Crippen LogP contribution is 2.22. The number of carbonyl (C=O) groups excluding carboxylic acids is 2. The van der Waals surface area contributed by atoms with Crippen molar-refractivity contribution < 1.29 is 9.59 Å². The van der Waals surface area contributed by atoms with Gasteiger partial charge < -0.3 is 15.2 Å². The molecule has 0 aliphatic carbocycles. The molecule has 0 fully saturated rings. The Balaban J connectivity index is 1.61. The van der Waals surface area contributed by atoms with Gasteiger partial charge in [0.1, 0.15) is 0 Å². The van der Waals surface area contributed by atoms with E-state index in [9.17, 15) is 9.59 Å². The molecule has 0 aliphatic heterocycles. The molecule has 0 radical (unpaired) electrons. The fourth-order valence-corrected chi connectivity index (χ4v) is 4.17. The zero-order valence-corrected chi connectivity index (χ0v) is 18.0. The Bertz CT molecular complexity index is 986. The van der Waals surface area contributed by atoms with Crippen molar-refractivity contribution in [2.45, 2.75) is 38.5 Å². The molecule has 3 rings (SSSR count). The first-order valence-corrected chi connectivity index (χ1v) is 11.0. The standard InChI is InChI=1S/C19H22N6O2S2/c1-4-25-16(13(3)21-17(27)14-8-6-5-7-9-14)23-24-19(25)29-11-15(26)22-18-20-12(2)10-28-18/h5-10,13H,4,11H2,1-3H3,(H,21,27)(H,20,22,26)/t13-/m1/s1. The second-order valence-corrected chi connectivity index (χ2v) is 8.08. The van der Waals surface area contributed by atoms with E-state index in [1.165, 1.54) is 23.1 Å². The van der Waals surface area contributed by atoms with Gasteiger partial charge in [0.15, 0.2) is 16.1 Å². The van der Waals surface area contributed by atoms with E-state index >= 15 is 0 Å². The minimum absolute atomic E-state index is 0.151. The lowest BCUT2D eigenvalue weighted by Crippen LogP contribution is -2.28. The molecule has 3 aromatic rings. The molecule has 1 atom stereocenters. The number of benzene rings is 1. The summed E-state index contributed by atoms with van der Waals surface area (Å²) in [5.74, 6) is 0.523. The summed E-state index contributed by atoms with van der Waals surface area (Å²) >= 11 is 2.69. The maximum Gasteiger partial charge on any atom is 0.251 e. The van der Waals surface area contributed by atoms with Crippen LogP contribution in [-0.4, -0.2) is 37.3 Å². The largest absolute Gasteiger partial charge is 0.342 e. The lowest BCUT2D eigenvalue weighted by atomic mass is 10.2. The van der Waals surface area contributed by atoms with Crippen molar-refractivity contribution in [3.63, 3.8) is 0 Å². The Kier molecular flexibility index (Phi) is 6.99. The van der Waals surface area contributed by atoms with E-state index in [2.05, 4.69) is 25.8 Å². The molecule has 0 aliphatic rings. The molecule has 2 N–H and O–H groups in total. The first-order chi connectivity index (χ1) is 14.0. The van der Waals surface area contributed by atoms with Gasteiger partial charge in [-0.3, -0.25) is 9.59 Å². The maximum absolute atomic E-state index is 12.4. The van der Waals surface area contributed by atoms with Gasteiger partial charge in [-0.1, -0.05) is 30.0 Å². The van der Waals surface area contributed by atoms with Crippen LogP contribution in [-0.2, 0) is 11.3 Å². The van der Waals surface area contributed by atoms with Crippen LogP contribution in [0, 0.1) is 6.92 Å². The Morgan fingerprint density at radius 3 is 2.66 bits per heavy atom. The van der Waals surface area contributed by atoms with Crippen LogP contribution in [0.1, 0.15) is 41.8 Å². The van der Waals surface area contributed by atoms with E-state index in [1.54, 1.807) is 12.1 Å². The number of amides is 2. The summed E-state index contributed by atoms with van der Waals surface area (Å²) in [5, 5.41) is 17.3. The molecule has 29 heavy (non-hydrogen) atoms. The number of aryl methyl sites for hydroxylation is 1. The van der Waals surface area contributed by atoms with E-state index in [4.69, 9.17) is 0 Å². The Labute approximate surface area is 177 Å². The van der Waals surface area contributed by atoms with Gasteiger partial charge in [0.2, 0.25) is 5.91 Å². The Morgan fingerprint density at radius 1 is 1.24 bits per heavy atom. The number of hydrogen-bond donors (Lipinski definition) is 2. The molecule has 152 valence electrons. The number of anilines is 1. The molecule has 0 saturated heterocycles. The van der Waals surface area contributed by atoms with Gasteiger partial charge in [-0.05, 0) is 32.9 Å². The number of nitrogens with zero attached hydrogens (tertiary/aromatic N) is 4. The normalized spacial score (nSPS) is 11.8. The number of nitrogens with one attached hydrogen (secondary N) is 2. The average molecular weight is 431 g/mol. The summed E-state index contributed by atoms with van der Waals surface area (Å²) < 4.78 is 1.90. The fraction of sp³-hybridized carbons (Fsp3) is 0.316. The fourth-order valence-electron chi connectivity index (χ4n) is 2.66. The molecule has 0 bridgehead atoms. The van der Waals surface area contributed by atoms with Crippen LogP contribution in [0.5, 0.6) is 0 Å². The summed E-state index contributed by atoms with van der Waals surface area (Å²) in [6.45, 7) is 6.34. The highest BCUT2D eigenvalue weighted by atomic mass is 32.2. The zero-order valence-electron chi connectivity index (χ0n) is 16.4. The minimum atomic E-state index is -0.323. The zero-order chi connectivity index (χ0) is 20.8.